The minimum Gasteiger partial charge on any atom is -0.340 e. The van der Waals surface area contributed by atoms with Gasteiger partial charge in [0.15, 0.2) is 0 Å². The van der Waals surface area contributed by atoms with Crippen molar-refractivity contribution in [2.45, 2.75) is 32.2 Å². The van der Waals surface area contributed by atoms with E-state index in [1.54, 1.807) is 11.8 Å². The summed E-state index contributed by atoms with van der Waals surface area (Å²) < 4.78 is 0. The Kier molecular flexibility index (Phi) is 7.15. The molecule has 8 nitrogen and oxygen atoms in total. The highest BCUT2D eigenvalue weighted by atomic mass is 35.5. The molecule has 2 amide bonds. The molecule has 2 saturated heterocycles. The van der Waals surface area contributed by atoms with E-state index in [1.807, 2.05) is 4.90 Å². The molecule has 1 atom stereocenters. The highest BCUT2D eigenvalue weighted by Gasteiger charge is 2.37. The molecule has 148 valence electrons. The van der Waals surface area contributed by atoms with E-state index in [2.05, 4.69) is 5.32 Å². The molecular formula is C18H25ClN4O4. The fourth-order valence-electron chi connectivity index (χ4n) is 3.70. The van der Waals surface area contributed by atoms with Crippen LogP contribution in [0.4, 0.5) is 5.69 Å². The highest BCUT2D eigenvalue weighted by molar-refractivity contribution is 5.98. The lowest BCUT2D eigenvalue weighted by molar-refractivity contribution is -0.385. The molecule has 9 heteroatoms. The van der Waals surface area contributed by atoms with Crippen molar-refractivity contribution < 1.29 is 14.5 Å². The topological polar surface area (TPSA) is 95.8 Å². The highest BCUT2D eigenvalue weighted by Crippen LogP contribution is 2.25. The lowest BCUT2D eigenvalue weighted by Crippen LogP contribution is -2.48. The third kappa shape index (κ3) is 4.56. The van der Waals surface area contributed by atoms with Gasteiger partial charge in [0, 0.05) is 43.4 Å². The van der Waals surface area contributed by atoms with Gasteiger partial charge in [-0.1, -0.05) is 0 Å². The Hall–Kier alpha value is -2.19. The number of hydrogen-bond donors (Lipinski definition) is 1. The fourth-order valence-corrected chi connectivity index (χ4v) is 3.70. The summed E-state index contributed by atoms with van der Waals surface area (Å²) >= 11 is 0. The van der Waals surface area contributed by atoms with Crippen LogP contribution in [0.3, 0.4) is 0 Å². The van der Waals surface area contributed by atoms with E-state index in [9.17, 15) is 19.7 Å². The molecule has 2 aliphatic heterocycles. The van der Waals surface area contributed by atoms with Crippen LogP contribution >= 0.6 is 12.4 Å². The first kappa shape index (κ1) is 21.1. The number of amides is 2. The van der Waals surface area contributed by atoms with Gasteiger partial charge in [0.2, 0.25) is 5.91 Å². The van der Waals surface area contributed by atoms with Crippen molar-refractivity contribution in [1.82, 2.24) is 15.1 Å². The van der Waals surface area contributed by atoms with E-state index >= 15 is 0 Å². The number of nitrogens with zero attached hydrogens (tertiary/aromatic N) is 3. The van der Waals surface area contributed by atoms with E-state index in [0.717, 1.165) is 25.9 Å². The van der Waals surface area contributed by atoms with Crippen LogP contribution in [0, 0.1) is 17.0 Å². The Labute approximate surface area is 164 Å². The average Bonchev–Trinajstić information content (AvgIpc) is 2.94. The molecule has 0 bridgehead atoms. The zero-order valence-electron chi connectivity index (χ0n) is 15.3. The molecule has 0 saturated carbocycles. The Balaban J connectivity index is 0.00000261. The lowest BCUT2D eigenvalue weighted by Gasteiger charge is -2.29. The lowest BCUT2D eigenvalue weighted by atomic mass is 10.1. The van der Waals surface area contributed by atoms with Crippen molar-refractivity contribution in [2.75, 3.05) is 32.7 Å². The number of rotatable bonds is 3. The Morgan fingerprint density at radius 2 is 1.96 bits per heavy atom. The quantitative estimate of drug-likeness (QED) is 0.620. The fraction of sp³-hybridized carbons (Fsp3) is 0.556. The molecule has 2 aliphatic rings. The summed E-state index contributed by atoms with van der Waals surface area (Å²) in [6.45, 7) is 5.20. The largest absolute Gasteiger partial charge is 0.340 e. The summed E-state index contributed by atoms with van der Waals surface area (Å²) in [7, 11) is 0. The third-order valence-corrected chi connectivity index (χ3v) is 5.09. The summed E-state index contributed by atoms with van der Waals surface area (Å²) in [5.41, 5.74) is 0.833. The molecule has 2 heterocycles. The van der Waals surface area contributed by atoms with Crippen molar-refractivity contribution in [1.29, 1.82) is 0 Å². The van der Waals surface area contributed by atoms with Gasteiger partial charge >= 0.3 is 0 Å². The Morgan fingerprint density at radius 3 is 2.67 bits per heavy atom. The maximum Gasteiger partial charge on any atom is 0.272 e. The number of hydrogen-bond acceptors (Lipinski definition) is 5. The average molecular weight is 397 g/mol. The molecule has 0 aliphatic carbocycles. The first-order chi connectivity index (χ1) is 12.5. The van der Waals surface area contributed by atoms with E-state index in [0.29, 0.717) is 37.2 Å². The summed E-state index contributed by atoms with van der Waals surface area (Å²) in [6.07, 6.45) is 2.37. The first-order valence-electron chi connectivity index (χ1n) is 9.04. The van der Waals surface area contributed by atoms with E-state index in [4.69, 9.17) is 0 Å². The standard InChI is InChI=1S/C18H24N4O4.ClH/c1-13-12-14(5-6-15(13)22(25)26)17(23)21-10-2-4-16(21)18(24)20-9-3-7-19-8-11-20;/h5-6,12,16,19H,2-4,7-11H2,1H3;1H. The number of nitro benzene ring substituents is 1. The number of nitrogens with one attached hydrogen (secondary N) is 1. The molecule has 2 fully saturated rings. The van der Waals surface area contributed by atoms with Crippen LogP contribution in [-0.2, 0) is 4.79 Å². The molecule has 1 N–H and O–H groups in total. The van der Waals surface area contributed by atoms with Crippen LogP contribution < -0.4 is 5.32 Å². The summed E-state index contributed by atoms with van der Waals surface area (Å²) in [6, 6.07) is 3.94. The second-order valence-corrected chi connectivity index (χ2v) is 6.84. The normalized spacial score (nSPS) is 20.0. The molecule has 1 aromatic carbocycles. The van der Waals surface area contributed by atoms with Crippen LogP contribution in [-0.4, -0.2) is 65.3 Å². The van der Waals surface area contributed by atoms with Crippen molar-refractivity contribution >= 4 is 29.9 Å². The second-order valence-electron chi connectivity index (χ2n) is 6.84. The van der Waals surface area contributed by atoms with Crippen molar-refractivity contribution in [3.63, 3.8) is 0 Å². The van der Waals surface area contributed by atoms with Crippen molar-refractivity contribution in [3.8, 4) is 0 Å². The van der Waals surface area contributed by atoms with Gasteiger partial charge in [-0.2, -0.15) is 0 Å². The zero-order valence-corrected chi connectivity index (χ0v) is 16.2. The predicted molar refractivity (Wildman–Crippen MR) is 103 cm³/mol. The molecule has 0 aromatic heterocycles. The minimum atomic E-state index is -0.459. The van der Waals surface area contributed by atoms with E-state index < -0.39 is 11.0 Å². The maximum atomic E-state index is 12.9. The third-order valence-electron chi connectivity index (χ3n) is 5.09. The van der Waals surface area contributed by atoms with Gasteiger partial charge in [0.1, 0.15) is 6.04 Å². The zero-order chi connectivity index (χ0) is 18.7. The predicted octanol–water partition coefficient (Wildman–Crippen LogP) is 1.75. The Morgan fingerprint density at radius 1 is 1.19 bits per heavy atom. The van der Waals surface area contributed by atoms with Gasteiger partial charge in [-0.25, -0.2) is 0 Å². The summed E-state index contributed by atoms with van der Waals surface area (Å²) in [4.78, 5) is 39.8. The molecule has 3 rings (SSSR count). The number of carbonyl (C=O) groups is 2. The number of likely N-dealkylation sites (tertiary alicyclic amines) is 1. The van der Waals surface area contributed by atoms with E-state index in [1.165, 1.54) is 18.2 Å². The number of carbonyl (C=O) groups excluding carboxylic acids is 2. The Bertz CT molecular complexity index is 719. The summed E-state index contributed by atoms with van der Waals surface area (Å²) in [5, 5.41) is 14.2. The SMILES string of the molecule is Cc1cc(C(=O)N2CCCC2C(=O)N2CCCNCC2)ccc1[N+](=O)[O-].Cl. The van der Waals surface area contributed by atoms with Crippen LogP contribution in [0.2, 0.25) is 0 Å². The van der Waals surface area contributed by atoms with Crippen LogP contribution in [0.5, 0.6) is 0 Å². The monoisotopic (exact) mass is 396 g/mol. The molecule has 0 spiro atoms. The van der Waals surface area contributed by atoms with Gasteiger partial charge in [-0.15, -0.1) is 12.4 Å². The second kappa shape index (κ2) is 9.14. The molecule has 1 unspecified atom stereocenters. The molecule has 27 heavy (non-hydrogen) atoms. The van der Waals surface area contributed by atoms with Gasteiger partial charge < -0.3 is 15.1 Å². The molecule has 0 radical (unpaired) electrons. The number of halogens is 1. The van der Waals surface area contributed by atoms with E-state index in [-0.39, 0.29) is 29.9 Å². The number of benzene rings is 1. The minimum absolute atomic E-state index is 0. The first-order valence-corrected chi connectivity index (χ1v) is 9.04. The van der Waals surface area contributed by atoms with Crippen LogP contribution in [0.15, 0.2) is 18.2 Å². The number of nitro groups is 1. The molecular weight excluding hydrogens is 372 g/mol. The van der Waals surface area contributed by atoms with Crippen LogP contribution in [0.25, 0.3) is 0 Å². The van der Waals surface area contributed by atoms with Gasteiger partial charge in [0.25, 0.3) is 11.6 Å². The van der Waals surface area contributed by atoms with Crippen LogP contribution in [0.1, 0.15) is 35.2 Å². The van der Waals surface area contributed by atoms with Gasteiger partial charge in [0.05, 0.1) is 4.92 Å². The smallest absolute Gasteiger partial charge is 0.272 e. The van der Waals surface area contributed by atoms with Gasteiger partial charge in [-0.05, 0) is 44.9 Å². The summed E-state index contributed by atoms with van der Waals surface area (Å²) in [5.74, 6) is -0.218. The van der Waals surface area contributed by atoms with Crippen molar-refractivity contribution in [3.05, 3.63) is 39.4 Å². The van der Waals surface area contributed by atoms with Crippen molar-refractivity contribution in [2.24, 2.45) is 0 Å². The molecule has 1 aromatic rings. The number of aryl methyl sites for hydroxylation is 1. The maximum absolute atomic E-state index is 12.9. The van der Waals surface area contributed by atoms with Gasteiger partial charge in [-0.3, -0.25) is 19.7 Å².